The Kier molecular flexibility index (Phi) is 10.6. The molecule has 136 valence electrons. The first-order valence-electron chi connectivity index (χ1n) is 7.08. The highest BCUT2D eigenvalue weighted by molar-refractivity contribution is 7.96. The largest absolute Gasteiger partial charge is 1.00 e. The number of nitrogens with zero attached hydrogens (tertiary/aromatic N) is 6. The minimum Gasteiger partial charge on any atom is -1.00 e. The fraction of sp³-hybridized carbons (Fsp3) is 0.923. The van der Waals surface area contributed by atoms with Gasteiger partial charge in [-0.15, -0.1) is 0 Å². The lowest BCUT2D eigenvalue weighted by atomic mass is 11.2. The van der Waals surface area contributed by atoms with E-state index in [-0.39, 0.29) is 12.4 Å². The first-order chi connectivity index (χ1) is 9.37. The second-order valence-electron chi connectivity index (χ2n) is 6.43. The number of halogens is 1. The van der Waals surface area contributed by atoms with Crippen LogP contribution in [0.25, 0.3) is 0 Å². The molecule has 9 heteroatoms. The Morgan fingerprint density at radius 3 is 0.909 bits per heavy atom. The summed E-state index contributed by atoms with van der Waals surface area (Å²) in [4.78, 5) is 0. The van der Waals surface area contributed by atoms with Crippen LogP contribution in [0.3, 0.4) is 0 Å². The molecule has 0 fully saturated rings. The zero-order valence-corrected chi connectivity index (χ0v) is 19.1. The minimum absolute atomic E-state index is 0. The van der Waals surface area contributed by atoms with Crippen molar-refractivity contribution >= 4 is 20.6 Å². The van der Waals surface area contributed by atoms with E-state index in [2.05, 4.69) is 118 Å². The second kappa shape index (κ2) is 9.31. The van der Waals surface area contributed by atoms with Crippen molar-refractivity contribution < 1.29 is 12.4 Å². The maximum absolute atomic E-state index is 2.60. The van der Waals surface area contributed by atoms with Crippen LogP contribution in [0.2, 0.25) is 0 Å². The van der Waals surface area contributed by atoms with Gasteiger partial charge in [0.2, 0.25) is 0 Å². The number of hydrogen-bond acceptors (Lipinski definition) is 6. The molecule has 0 aliphatic heterocycles. The summed E-state index contributed by atoms with van der Waals surface area (Å²) >= 11 is 0. The fourth-order valence-corrected chi connectivity index (χ4v) is 13.9. The molecular formula is C13H37ClN6P2. The highest BCUT2D eigenvalue weighted by Crippen LogP contribution is 2.68. The first-order valence-corrected chi connectivity index (χ1v) is 10.5. The molecule has 0 aromatic carbocycles. The van der Waals surface area contributed by atoms with E-state index in [9.17, 15) is 0 Å². The molecule has 0 saturated carbocycles. The van der Waals surface area contributed by atoms with Gasteiger partial charge in [0.25, 0.3) is 7.71 Å². The van der Waals surface area contributed by atoms with Gasteiger partial charge >= 0.3 is 0 Å². The van der Waals surface area contributed by atoms with Crippen LogP contribution in [0.15, 0.2) is 0 Å². The Balaban J connectivity index is 0. The van der Waals surface area contributed by atoms with Crippen LogP contribution in [0.1, 0.15) is 0 Å². The highest BCUT2D eigenvalue weighted by atomic mass is 35.5. The summed E-state index contributed by atoms with van der Waals surface area (Å²) in [5.74, 6) is 0. The minimum atomic E-state index is -1.70. The van der Waals surface area contributed by atoms with E-state index in [1.807, 2.05) is 0 Å². The quantitative estimate of drug-likeness (QED) is 0.509. The van der Waals surface area contributed by atoms with Gasteiger partial charge < -0.3 is 12.4 Å². The molecule has 0 aromatic rings. The monoisotopic (exact) mass is 374 g/mol. The molecule has 0 bridgehead atoms. The SMILES string of the molecule is CN(C)P(=C[P+](N(C)C)(N(C)C)N(C)C)(N(C)C)N(C)C.[Cl-]. The van der Waals surface area contributed by atoms with E-state index < -0.39 is 15.1 Å². The van der Waals surface area contributed by atoms with Gasteiger partial charge in [0.1, 0.15) is 12.9 Å². The van der Waals surface area contributed by atoms with Crippen molar-refractivity contribution in [2.24, 2.45) is 0 Å². The van der Waals surface area contributed by atoms with E-state index in [1.54, 1.807) is 0 Å². The van der Waals surface area contributed by atoms with Crippen molar-refractivity contribution in [2.45, 2.75) is 0 Å². The third-order valence-corrected chi connectivity index (χ3v) is 13.4. The summed E-state index contributed by atoms with van der Waals surface area (Å²) in [7, 11) is 22.8. The van der Waals surface area contributed by atoms with Gasteiger partial charge in [0.15, 0.2) is 0 Å². The summed E-state index contributed by atoms with van der Waals surface area (Å²) in [6.45, 7) is 0. The Morgan fingerprint density at radius 1 is 0.545 bits per heavy atom. The summed E-state index contributed by atoms with van der Waals surface area (Å²) in [5, 5.41) is 0. The molecule has 0 heterocycles. The number of hydrogen-bond donors (Lipinski definition) is 0. The molecule has 0 amide bonds. The van der Waals surface area contributed by atoms with E-state index in [0.717, 1.165) is 0 Å². The van der Waals surface area contributed by atoms with Crippen LogP contribution in [0.5, 0.6) is 0 Å². The lowest BCUT2D eigenvalue weighted by Crippen LogP contribution is -3.00. The van der Waals surface area contributed by atoms with Crippen LogP contribution in [-0.2, 0) is 0 Å². The van der Waals surface area contributed by atoms with Crippen molar-refractivity contribution in [2.75, 3.05) is 84.6 Å². The molecule has 22 heavy (non-hydrogen) atoms. The van der Waals surface area contributed by atoms with Crippen molar-refractivity contribution in [1.82, 2.24) is 28.0 Å². The fourth-order valence-electron chi connectivity index (χ4n) is 2.97. The molecular weight excluding hydrogens is 338 g/mol. The van der Waals surface area contributed by atoms with E-state index in [1.165, 1.54) is 0 Å². The molecule has 0 atom stereocenters. The van der Waals surface area contributed by atoms with Crippen LogP contribution >= 0.6 is 15.1 Å². The van der Waals surface area contributed by atoms with E-state index >= 15 is 0 Å². The van der Waals surface area contributed by atoms with Gasteiger partial charge in [-0.05, 0) is 42.3 Å². The molecule has 0 unspecified atom stereocenters. The van der Waals surface area contributed by atoms with Crippen LogP contribution in [-0.4, -0.2) is 118 Å². The lowest BCUT2D eigenvalue weighted by molar-refractivity contribution is -0.00000495. The van der Waals surface area contributed by atoms with Crippen LogP contribution in [0.4, 0.5) is 0 Å². The van der Waals surface area contributed by atoms with Crippen molar-refractivity contribution in [3.8, 4) is 0 Å². The standard InChI is InChI=1S/C13H37N6P2.ClH/c1-14(2)20(15(3)4,16(5)6)13-21(17(7)8,18(9)10)19(11)12;/h13H,1-12H3;1H/q+1;/p-1. The Labute approximate surface area is 146 Å². The molecule has 0 N–H and O–H groups in total. The van der Waals surface area contributed by atoms with Gasteiger partial charge in [-0.1, -0.05) is 0 Å². The topological polar surface area (TPSA) is 19.4 Å². The average molecular weight is 375 g/mol. The zero-order chi connectivity index (χ0) is 17.2. The zero-order valence-electron chi connectivity index (χ0n) is 16.5. The Morgan fingerprint density at radius 2 is 0.773 bits per heavy atom. The van der Waals surface area contributed by atoms with E-state index in [0.29, 0.717) is 0 Å². The molecule has 6 nitrogen and oxygen atoms in total. The van der Waals surface area contributed by atoms with Crippen molar-refractivity contribution in [3.05, 3.63) is 0 Å². The molecule has 0 aliphatic carbocycles. The second-order valence-corrected chi connectivity index (χ2v) is 14.6. The predicted octanol–water partition coefficient (Wildman–Crippen LogP) is -1.36. The Bertz CT molecular complexity index is 332. The first kappa shape index (κ1) is 25.0. The molecule has 0 aliphatic rings. The van der Waals surface area contributed by atoms with Crippen molar-refractivity contribution in [1.29, 1.82) is 0 Å². The summed E-state index contributed by atoms with van der Waals surface area (Å²) in [6, 6.07) is 0. The van der Waals surface area contributed by atoms with Gasteiger partial charge in [0, 0.05) is 42.3 Å². The highest BCUT2D eigenvalue weighted by Gasteiger charge is 2.49. The van der Waals surface area contributed by atoms with Gasteiger partial charge in [0.05, 0.1) is 0 Å². The summed E-state index contributed by atoms with van der Waals surface area (Å²) in [5.41, 5.74) is 2.60. The smallest absolute Gasteiger partial charge is 0.257 e. The lowest BCUT2D eigenvalue weighted by Gasteiger charge is -2.46. The van der Waals surface area contributed by atoms with Crippen LogP contribution in [0, 0.1) is 0 Å². The third kappa shape index (κ3) is 4.44. The number of rotatable bonds is 7. The maximum Gasteiger partial charge on any atom is 0.257 e. The molecule has 0 spiro atoms. The molecule has 0 rings (SSSR count). The van der Waals surface area contributed by atoms with E-state index in [4.69, 9.17) is 0 Å². The third-order valence-electron chi connectivity index (χ3n) is 3.84. The Hall–Kier alpha value is 0.780. The van der Waals surface area contributed by atoms with Gasteiger partial charge in [-0.25, -0.2) is 0 Å². The van der Waals surface area contributed by atoms with Crippen molar-refractivity contribution in [3.63, 3.8) is 0 Å². The predicted molar refractivity (Wildman–Crippen MR) is 102 cm³/mol. The summed E-state index contributed by atoms with van der Waals surface area (Å²) in [6.07, 6.45) is 0. The van der Waals surface area contributed by atoms with Gasteiger partial charge in [-0.3, -0.25) is 14.0 Å². The molecule has 0 aromatic heterocycles. The molecule has 0 radical (unpaired) electrons. The molecule has 0 saturated heterocycles. The maximum atomic E-state index is 2.60. The average Bonchev–Trinajstić information content (AvgIpc) is 2.26. The summed E-state index contributed by atoms with van der Waals surface area (Å²) < 4.78 is 14.2. The van der Waals surface area contributed by atoms with Crippen LogP contribution < -0.4 is 12.4 Å². The van der Waals surface area contributed by atoms with Gasteiger partial charge in [-0.2, -0.15) is 14.0 Å². The normalized spacial score (nSPS) is 13.7.